The number of anilines is 1. The van der Waals surface area contributed by atoms with Crippen molar-refractivity contribution >= 4 is 11.4 Å². The van der Waals surface area contributed by atoms with Gasteiger partial charge in [-0.15, -0.1) is 0 Å². The smallest absolute Gasteiger partial charge is 0.293 e. The summed E-state index contributed by atoms with van der Waals surface area (Å²) in [7, 11) is 0. The number of nitrogens with one attached hydrogen (secondary N) is 1. The summed E-state index contributed by atoms with van der Waals surface area (Å²) in [6.45, 7) is 0.448. The number of nitrogen functional groups attached to an aromatic ring is 1. The highest BCUT2D eigenvalue weighted by Gasteiger charge is 2.15. The molecule has 0 heterocycles. The third-order valence-electron chi connectivity index (χ3n) is 2.41. The highest BCUT2D eigenvalue weighted by atomic mass is 16.6. The Morgan fingerprint density at radius 2 is 2.00 bits per heavy atom. The fraction of sp³-hybridized carbons (Fsp3) is 0.273. The van der Waals surface area contributed by atoms with Gasteiger partial charge >= 0.3 is 0 Å². The van der Waals surface area contributed by atoms with Crippen molar-refractivity contribution in [2.24, 2.45) is 5.84 Å². The summed E-state index contributed by atoms with van der Waals surface area (Å²) >= 11 is 0. The van der Waals surface area contributed by atoms with Crippen LogP contribution in [0.25, 0.3) is 0 Å². The van der Waals surface area contributed by atoms with Crippen LogP contribution in [0.4, 0.5) is 11.4 Å². The van der Waals surface area contributed by atoms with Crippen molar-refractivity contribution in [2.75, 3.05) is 18.5 Å². The standard InChI is InChI=1S/C11H12N6O2/c12-3-5-16(6-4-13)8-9-1-2-10(15-14)11(7-9)17(18)19/h1-2,7,15H,5-6,8,14H2. The largest absolute Gasteiger partial charge is 0.318 e. The van der Waals surface area contributed by atoms with Gasteiger partial charge in [0.1, 0.15) is 5.69 Å². The summed E-state index contributed by atoms with van der Waals surface area (Å²) in [6, 6.07) is 8.40. The first-order valence-corrected chi connectivity index (χ1v) is 5.32. The Bertz CT molecular complexity index is 529. The molecule has 0 amide bonds. The second kappa shape index (κ2) is 6.91. The molecule has 1 aromatic carbocycles. The van der Waals surface area contributed by atoms with E-state index in [0.29, 0.717) is 5.56 Å². The van der Waals surface area contributed by atoms with Crippen LogP contribution in [0.2, 0.25) is 0 Å². The summed E-state index contributed by atoms with van der Waals surface area (Å²) < 4.78 is 0. The van der Waals surface area contributed by atoms with Crippen LogP contribution in [0.3, 0.4) is 0 Å². The van der Waals surface area contributed by atoms with Crippen LogP contribution in [-0.4, -0.2) is 22.9 Å². The molecule has 0 saturated heterocycles. The molecule has 0 radical (unpaired) electrons. The van der Waals surface area contributed by atoms with E-state index in [1.165, 1.54) is 12.1 Å². The van der Waals surface area contributed by atoms with Gasteiger partial charge in [0.2, 0.25) is 0 Å². The molecule has 1 aromatic rings. The zero-order valence-corrected chi connectivity index (χ0v) is 10.0. The molecular formula is C11H12N6O2. The van der Waals surface area contributed by atoms with Gasteiger partial charge in [-0.3, -0.25) is 20.9 Å². The first-order chi connectivity index (χ1) is 9.12. The van der Waals surface area contributed by atoms with Gasteiger partial charge < -0.3 is 5.43 Å². The summed E-state index contributed by atoms with van der Waals surface area (Å²) in [5.41, 5.74) is 2.95. The summed E-state index contributed by atoms with van der Waals surface area (Å²) in [4.78, 5) is 11.9. The number of hydrazine groups is 1. The average molecular weight is 260 g/mol. The Labute approximate surface area is 109 Å². The summed E-state index contributed by atoms with van der Waals surface area (Å²) in [5.74, 6) is 5.18. The molecule has 1 rings (SSSR count). The third kappa shape index (κ3) is 3.92. The molecule has 0 aliphatic carbocycles. The van der Waals surface area contributed by atoms with Crippen molar-refractivity contribution in [1.82, 2.24) is 4.90 Å². The van der Waals surface area contributed by atoms with E-state index in [1.54, 1.807) is 11.0 Å². The molecule has 8 nitrogen and oxygen atoms in total. The normalized spacial score (nSPS) is 9.68. The van der Waals surface area contributed by atoms with Gasteiger partial charge in [0.25, 0.3) is 5.69 Å². The number of hydrogen-bond donors (Lipinski definition) is 2. The minimum Gasteiger partial charge on any atom is -0.318 e. The predicted octanol–water partition coefficient (Wildman–Crippen LogP) is 0.730. The van der Waals surface area contributed by atoms with Crippen LogP contribution in [-0.2, 0) is 6.54 Å². The Morgan fingerprint density at radius 1 is 1.37 bits per heavy atom. The second-order valence-electron chi connectivity index (χ2n) is 3.71. The van der Waals surface area contributed by atoms with E-state index in [9.17, 15) is 10.1 Å². The molecule has 0 aliphatic rings. The molecule has 0 spiro atoms. The van der Waals surface area contributed by atoms with E-state index in [2.05, 4.69) is 5.43 Å². The number of nitrogens with zero attached hydrogens (tertiary/aromatic N) is 4. The summed E-state index contributed by atoms with van der Waals surface area (Å²) in [5, 5.41) is 28.1. The Kier molecular flexibility index (Phi) is 5.23. The number of rotatable bonds is 6. The number of nitrogens with two attached hydrogens (primary N) is 1. The van der Waals surface area contributed by atoms with Crippen molar-refractivity contribution in [1.29, 1.82) is 10.5 Å². The molecule has 3 N–H and O–H groups in total. The number of hydrogen-bond acceptors (Lipinski definition) is 7. The van der Waals surface area contributed by atoms with Crippen molar-refractivity contribution < 1.29 is 4.92 Å². The first kappa shape index (κ1) is 14.4. The molecule has 0 fully saturated rings. The maximum atomic E-state index is 10.9. The fourth-order valence-electron chi connectivity index (χ4n) is 1.57. The van der Waals surface area contributed by atoms with Gasteiger partial charge in [0.15, 0.2) is 0 Å². The monoisotopic (exact) mass is 260 g/mol. The van der Waals surface area contributed by atoms with E-state index in [1.807, 2.05) is 12.1 Å². The average Bonchev–Trinajstić information content (AvgIpc) is 2.39. The van der Waals surface area contributed by atoms with Crippen LogP contribution in [0.5, 0.6) is 0 Å². The first-order valence-electron chi connectivity index (χ1n) is 5.32. The number of nitro benzene ring substituents is 1. The van der Waals surface area contributed by atoms with Gasteiger partial charge in [-0.2, -0.15) is 10.5 Å². The SMILES string of the molecule is N#CCN(CC#N)Cc1ccc(NN)c([N+](=O)[O-])c1. The topological polar surface area (TPSA) is 132 Å². The number of benzene rings is 1. The van der Waals surface area contributed by atoms with E-state index in [4.69, 9.17) is 16.4 Å². The third-order valence-corrected chi connectivity index (χ3v) is 2.41. The zero-order chi connectivity index (χ0) is 14.3. The van der Waals surface area contributed by atoms with Crippen LogP contribution in [0.15, 0.2) is 18.2 Å². The molecule has 0 saturated carbocycles. The molecule has 0 aromatic heterocycles. The van der Waals surface area contributed by atoms with Crippen molar-refractivity contribution in [3.63, 3.8) is 0 Å². The second-order valence-corrected chi connectivity index (χ2v) is 3.71. The molecule has 98 valence electrons. The lowest BCUT2D eigenvalue weighted by molar-refractivity contribution is -0.384. The molecule has 19 heavy (non-hydrogen) atoms. The maximum absolute atomic E-state index is 10.9. The highest BCUT2D eigenvalue weighted by Crippen LogP contribution is 2.25. The van der Waals surface area contributed by atoms with Crippen LogP contribution >= 0.6 is 0 Å². The zero-order valence-electron chi connectivity index (χ0n) is 10.0. The lowest BCUT2D eigenvalue weighted by Gasteiger charge is -2.15. The minimum atomic E-state index is -0.544. The lowest BCUT2D eigenvalue weighted by atomic mass is 10.1. The number of nitro groups is 1. The van der Waals surface area contributed by atoms with E-state index >= 15 is 0 Å². The fourth-order valence-corrected chi connectivity index (χ4v) is 1.57. The maximum Gasteiger partial charge on any atom is 0.293 e. The highest BCUT2D eigenvalue weighted by molar-refractivity contribution is 5.61. The van der Waals surface area contributed by atoms with Crippen molar-refractivity contribution in [3.05, 3.63) is 33.9 Å². The summed E-state index contributed by atoms with van der Waals surface area (Å²) in [6.07, 6.45) is 0. The van der Waals surface area contributed by atoms with Gasteiger partial charge in [-0.05, 0) is 11.6 Å². The van der Waals surface area contributed by atoms with E-state index in [0.717, 1.165) is 0 Å². The molecule has 8 heteroatoms. The van der Waals surface area contributed by atoms with E-state index < -0.39 is 4.92 Å². The van der Waals surface area contributed by atoms with Gasteiger partial charge in [-0.1, -0.05) is 6.07 Å². The Balaban J connectivity index is 2.96. The molecular weight excluding hydrogens is 248 g/mol. The van der Waals surface area contributed by atoms with Gasteiger partial charge in [0, 0.05) is 12.6 Å². The van der Waals surface area contributed by atoms with E-state index in [-0.39, 0.29) is 31.0 Å². The van der Waals surface area contributed by atoms with Crippen LogP contribution in [0.1, 0.15) is 5.56 Å². The van der Waals surface area contributed by atoms with Crippen LogP contribution < -0.4 is 11.3 Å². The molecule has 0 unspecified atom stereocenters. The minimum absolute atomic E-state index is 0.0816. The quantitative estimate of drug-likeness (QED) is 0.333. The van der Waals surface area contributed by atoms with Crippen LogP contribution in [0, 0.1) is 32.8 Å². The molecule has 0 atom stereocenters. The number of nitriles is 2. The molecule has 0 bridgehead atoms. The van der Waals surface area contributed by atoms with Crippen molar-refractivity contribution in [2.45, 2.75) is 6.54 Å². The predicted molar refractivity (Wildman–Crippen MR) is 67.4 cm³/mol. The lowest BCUT2D eigenvalue weighted by Crippen LogP contribution is -2.24. The Morgan fingerprint density at radius 3 is 2.47 bits per heavy atom. The van der Waals surface area contributed by atoms with Gasteiger partial charge in [0.05, 0.1) is 30.2 Å². The van der Waals surface area contributed by atoms with Gasteiger partial charge in [-0.25, -0.2) is 0 Å². The van der Waals surface area contributed by atoms with Crippen molar-refractivity contribution in [3.8, 4) is 12.1 Å². The Hall–Kier alpha value is -2.68. The molecule has 0 aliphatic heterocycles.